The van der Waals surface area contributed by atoms with Crippen LogP contribution in [0.3, 0.4) is 0 Å². The van der Waals surface area contributed by atoms with Gasteiger partial charge in [-0.3, -0.25) is 4.79 Å². The highest BCUT2D eigenvalue weighted by molar-refractivity contribution is 7.89. The molecule has 152 valence electrons. The molecule has 4 rings (SSSR count). The molecule has 1 amide bonds. The van der Waals surface area contributed by atoms with Crippen LogP contribution in [-0.4, -0.2) is 49.5 Å². The number of hydrogen-bond acceptors (Lipinski definition) is 5. The molecule has 0 unspecified atom stereocenters. The summed E-state index contributed by atoms with van der Waals surface area (Å²) in [5.41, 5.74) is 0.639. The summed E-state index contributed by atoms with van der Waals surface area (Å²) >= 11 is 1.21. The van der Waals surface area contributed by atoms with Crippen molar-refractivity contribution in [2.45, 2.75) is 4.90 Å². The van der Waals surface area contributed by atoms with Crippen LogP contribution in [0.25, 0.3) is 10.2 Å². The minimum absolute atomic E-state index is 0.116. The van der Waals surface area contributed by atoms with Crippen LogP contribution in [-0.2, 0) is 21.8 Å². The Bertz CT molecular complexity index is 1240. The molecule has 0 atom stereocenters. The van der Waals surface area contributed by atoms with Crippen molar-refractivity contribution in [3.05, 3.63) is 58.6 Å². The lowest BCUT2D eigenvalue weighted by atomic mass is 10.2. The number of halogens is 1. The molecule has 1 aliphatic heterocycles. The highest BCUT2D eigenvalue weighted by Crippen LogP contribution is 2.20. The zero-order valence-electron chi connectivity index (χ0n) is 15.5. The maximum atomic E-state index is 14.0. The van der Waals surface area contributed by atoms with Gasteiger partial charge < -0.3 is 9.30 Å². The third-order valence-electron chi connectivity index (χ3n) is 4.68. The minimum Gasteiger partial charge on any atom is -0.379 e. The summed E-state index contributed by atoms with van der Waals surface area (Å²) in [5, 5.41) is 0. The standard InChI is InChI=1S/C19H18FN3O4S2/c1-22-17-15(20)3-2-4-16(17)28-19(22)21-18(24)13-5-7-14(8-6-13)29(25,26)23-9-11-27-12-10-23/h2-8H,9-12H2,1H3. The normalized spacial score (nSPS) is 16.4. The number of aromatic nitrogens is 1. The molecule has 10 heteroatoms. The first-order valence-electron chi connectivity index (χ1n) is 8.89. The van der Waals surface area contributed by atoms with Gasteiger partial charge >= 0.3 is 0 Å². The van der Waals surface area contributed by atoms with Gasteiger partial charge in [-0.2, -0.15) is 9.30 Å². The lowest BCUT2D eigenvalue weighted by Crippen LogP contribution is -2.40. The number of morpholine rings is 1. The van der Waals surface area contributed by atoms with Crippen molar-refractivity contribution in [1.82, 2.24) is 8.87 Å². The van der Waals surface area contributed by atoms with E-state index in [0.717, 1.165) is 0 Å². The Hall–Kier alpha value is -2.40. The fourth-order valence-corrected chi connectivity index (χ4v) is 5.56. The molecule has 0 radical (unpaired) electrons. The van der Waals surface area contributed by atoms with Gasteiger partial charge in [0.05, 0.1) is 28.3 Å². The molecular weight excluding hydrogens is 417 g/mol. The van der Waals surface area contributed by atoms with Gasteiger partial charge in [-0.05, 0) is 36.4 Å². The number of nitrogens with zero attached hydrogens (tertiary/aromatic N) is 3. The molecule has 0 N–H and O–H groups in total. The van der Waals surface area contributed by atoms with Crippen molar-refractivity contribution in [3.63, 3.8) is 0 Å². The largest absolute Gasteiger partial charge is 0.379 e. The van der Waals surface area contributed by atoms with E-state index in [-0.39, 0.29) is 16.3 Å². The van der Waals surface area contributed by atoms with Crippen molar-refractivity contribution < 1.29 is 22.3 Å². The molecule has 0 aliphatic carbocycles. The Morgan fingerprint density at radius 1 is 1.14 bits per heavy atom. The van der Waals surface area contributed by atoms with E-state index in [4.69, 9.17) is 4.74 Å². The average molecular weight is 436 g/mol. The summed E-state index contributed by atoms with van der Waals surface area (Å²) in [4.78, 5) is 17.1. The number of rotatable bonds is 3. The predicted molar refractivity (Wildman–Crippen MR) is 107 cm³/mol. The average Bonchev–Trinajstić information content (AvgIpc) is 3.05. The number of benzene rings is 2. The van der Waals surface area contributed by atoms with Crippen LogP contribution in [0.2, 0.25) is 0 Å². The van der Waals surface area contributed by atoms with Crippen LogP contribution in [0.4, 0.5) is 4.39 Å². The summed E-state index contributed by atoms with van der Waals surface area (Å²) in [6, 6.07) is 10.4. The van der Waals surface area contributed by atoms with E-state index in [1.165, 1.54) is 50.5 Å². The Balaban J connectivity index is 1.63. The van der Waals surface area contributed by atoms with Crippen LogP contribution in [0, 0.1) is 5.82 Å². The van der Waals surface area contributed by atoms with Crippen molar-refractivity contribution in [2.24, 2.45) is 12.0 Å². The Morgan fingerprint density at radius 3 is 2.48 bits per heavy atom. The summed E-state index contributed by atoms with van der Waals surface area (Å²) in [6.45, 7) is 1.33. The van der Waals surface area contributed by atoms with E-state index in [1.807, 2.05) is 0 Å². The highest BCUT2D eigenvalue weighted by Gasteiger charge is 2.26. The Kier molecular flexibility index (Phi) is 5.34. The highest BCUT2D eigenvalue weighted by atomic mass is 32.2. The van der Waals surface area contributed by atoms with E-state index in [0.29, 0.717) is 41.3 Å². The fourth-order valence-electron chi connectivity index (χ4n) is 3.12. The first-order valence-corrected chi connectivity index (χ1v) is 11.1. The molecule has 1 aliphatic rings. The predicted octanol–water partition coefficient (Wildman–Crippen LogP) is 2.14. The molecule has 3 aromatic rings. The smallest absolute Gasteiger partial charge is 0.279 e. The first-order chi connectivity index (χ1) is 13.9. The molecule has 2 aromatic carbocycles. The number of sulfonamides is 1. The van der Waals surface area contributed by atoms with Crippen LogP contribution < -0.4 is 4.80 Å². The van der Waals surface area contributed by atoms with E-state index in [2.05, 4.69) is 4.99 Å². The van der Waals surface area contributed by atoms with Crippen LogP contribution in [0.15, 0.2) is 52.4 Å². The second kappa shape index (κ2) is 7.79. The lowest BCUT2D eigenvalue weighted by molar-refractivity contribution is 0.0730. The van der Waals surface area contributed by atoms with Gasteiger partial charge in [-0.15, -0.1) is 0 Å². The van der Waals surface area contributed by atoms with Crippen molar-refractivity contribution in [1.29, 1.82) is 0 Å². The zero-order chi connectivity index (χ0) is 20.6. The monoisotopic (exact) mass is 435 g/mol. The maximum absolute atomic E-state index is 14.0. The summed E-state index contributed by atoms with van der Waals surface area (Å²) in [5.74, 6) is -0.907. The third-order valence-corrected chi connectivity index (χ3v) is 7.69. The van der Waals surface area contributed by atoms with Crippen LogP contribution >= 0.6 is 11.3 Å². The van der Waals surface area contributed by atoms with E-state index in [9.17, 15) is 17.6 Å². The number of aryl methyl sites for hydroxylation is 1. The number of para-hydroxylation sites is 1. The molecule has 1 aromatic heterocycles. The number of amides is 1. The van der Waals surface area contributed by atoms with Crippen LogP contribution in [0.5, 0.6) is 0 Å². The second-order valence-corrected chi connectivity index (χ2v) is 9.44. The molecule has 2 heterocycles. The van der Waals surface area contributed by atoms with Crippen molar-refractivity contribution in [3.8, 4) is 0 Å². The lowest BCUT2D eigenvalue weighted by Gasteiger charge is -2.26. The molecule has 7 nitrogen and oxygen atoms in total. The SMILES string of the molecule is Cn1c(=NC(=O)c2ccc(S(=O)(=O)N3CCOCC3)cc2)sc2cccc(F)c21. The molecule has 1 saturated heterocycles. The maximum Gasteiger partial charge on any atom is 0.279 e. The van der Waals surface area contributed by atoms with Gasteiger partial charge in [-0.1, -0.05) is 17.4 Å². The molecule has 0 saturated carbocycles. The number of hydrogen-bond donors (Lipinski definition) is 0. The minimum atomic E-state index is -3.62. The first kappa shape index (κ1) is 19.9. The number of thiazole rings is 1. The summed E-state index contributed by atoms with van der Waals surface area (Å²) in [6.07, 6.45) is 0. The topological polar surface area (TPSA) is 81.0 Å². The summed E-state index contributed by atoms with van der Waals surface area (Å²) in [7, 11) is -1.98. The van der Waals surface area contributed by atoms with Gasteiger partial charge in [0.15, 0.2) is 4.80 Å². The van der Waals surface area contributed by atoms with Gasteiger partial charge in [0.1, 0.15) is 5.82 Å². The fraction of sp³-hybridized carbons (Fsp3) is 0.263. The molecular formula is C19H18FN3O4S2. The van der Waals surface area contributed by atoms with Gasteiger partial charge in [0.25, 0.3) is 5.91 Å². The van der Waals surface area contributed by atoms with Crippen molar-refractivity contribution in [2.75, 3.05) is 26.3 Å². The number of carbonyl (C=O) groups is 1. The van der Waals surface area contributed by atoms with Crippen molar-refractivity contribution >= 4 is 37.5 Å². The Morgan fingerprint density at radius 2 is 1.83 bits per heavy atom. The van der Waals surface area contributed by atoms with E-state index >= 15 is 0 Å². The van der Waals surface area contributed by atoms with Gasteiger partial charge in [0, 0.05) is 25.7 Å². The molecule has 1 fully saturated rings. The molecule has 0 spiro atoms. The number of fused-ring (bicyclic) bond motifs is 1. The van der Waals surface area contributed by atoms with Crippen LogP contribution in [0.1, 0.15) is 10.4 Å². The van der Waals surface area contributed by atoms with E-state index in [1.54, 1.807) is 19.2 Å². The van der Waals surface area contributed by atoms with Gasteiger partial charge in [-0.25, -0.2) is 12.8 Å². The number of carbonyl (C=O) groups excluding carboxylic acids is 1. The second-order valence-electron chi connectivity index (χ2n) is 6.49. The zero-order valence-corrected chi connectivity index (χ0v) is 17.2. The van der Waals surface area contributed by atoms with E-state index < -0.39 is 15.9 Å². The summed E-state index contributed by atoms with van der Waals surface area (Å²) < 4.78 is 48.1. The molecule has 29 heavy (non-hydrogen) atoms. The quantitative estimate of drug-likeness (QED) is 0.631. The number of ether oxygens (including phenoxy) is 1. The molecule has 0 bridgehead atoms. The Labute approximate surface area is 170 Å². The third kappa shape index (κ3) is 3.76. The van der Waals surface area contributed by atoms with Gasteiger partial charge in [0.2, 0.25) is 10.0 Å².